The molecule has 1 N–H and O–H groups in total. The Morgan fingerprint density at radius 1 is 1.22 bits per heavy atom. The molecule has 3 heterocycles. The largest absolute Gasteiger partial charge is 0.419 e. The van der Waals surface area contributed by atoms with E-state index in [1.807, 2.05) is 31.2 Å². The van der Waals surface area contributed by atoms with E-state index in [1.54, 1.807) is 4.90 Å². The van der Waals surface area contributed by atoms with E-state index in [0.717, 1.165) is 35.9 Å². The number of piperidine rings is 1. The molecule has 1 amide bonds. The molecule has 32 heavy (non-hydrogen) atoms. The number of aryl methyl sites for hydroxylation is 2. The summed E-state index contributed by atoms with van der Waals surface area (Å²) in [5.74, 6) is 0.352. The predicted molar refractivity (Wildman–Crippen MR) is 116 cm³/mol. The van der Waals surface area contributed by atoms with Crippen molar-refractivity contribution in [3.63, 3.8) is 0 Å². The molecule has 1 aliphatic heterocycles. The summed E-state index contributed by atoms with van der Waals surface area (Å²) in [7, 11) is 0. The summed E-state index contributed by atoms with van der Waals surface area (Å²) < 4.78 is 42.2. The Balaban J connectivity index is 1.33. The van der Waals surface area contributed by atoms with Crippen LogP contribution in [0.2, 0.25) is 0 Å². The van der Waals surface area contributed by atoms with Gasteiger partial charge in [0, 0.05) is 32.4 Å². The number of alkyl halides is 3. The van der Waals surface area contributed by atoms with Gasteiger partial charge in [-0.3, -0.25) is 4.79 Å². The van der Waals surface area contributed by atoms with Crippen LogP contribution in [0.4, 0.5) is 19.0 Å². The molecule has 1 saturated heterocycles. The van der Waals surface area contributed by atoms with E-state index in [9.17, 15) is 18.0 Å². The number of carbonyl (C=O) groups is 1. The topological polar surface area (TPSA) is 63.1 Å². The minimum atomic E-state index is -4.48. The van der Waals surface area contributed by atoms with E-state index in [1.165, 1.54) is 12.3 Å². The Labute approximate surface area is 184 Å². The zero-order valence-corrected chi connectivity index (χ0v) is 17.9. The fourth-order valence-electron chi connectivity index (χ4n) is 4.33. The molecule has 0 radical (unpaired) electrons. The summed E-state index contributed by atoms with van der Waals surface area (Å²) in [6.07, 6.45) is -1.08. The Hall–Kier alpha value is -3.10. The van der Waals surface area contributed by atoms with E-state index in [0.29, 0.717) is 25.9 Å². The number of nitrogens with one attached hydrogen (secondary N) is 1. The molecule has 1 aliphatic rings. The summed E-state index contributed by atoms with van der Waals surface area (Å²) in [6.45, 7) is 3.88. The number of pyridine rings is 1. The lowest BCUT2D eigenvalue weighted by atomic mass is 9.96. The van der Waals surface area contributed by atoms with Gasteiger partial charge in [-0.1, -0.05) is 12.1 Å². The molecule has 2 aromatic heterocycles. The lowest BCUT2D eigenvalue weighted by molar-refractivity contribution is -0.137. The molecule has 1 aromatic carbocycles. The maximum atomic E-state index is 13.4. The quantitative estimate of drug-likeness (QED) is 0.578. The molecule has 1 fully saturated rings. The molecule has 9 heteroatoms. The molecule has 0 spiro atoms. The van der Waals surface area contributed by atoms with E-state index >= 15 is 0 Å². The summed E-state index contributed by atoms with van der Waals surface area (Å²) >= 11 is 0. The SMILES string of the molecule is Cc1nc2ccccc2n1CCCNC(=O)C1CCCN(c2ncccc2C(F)(F)F)C1. The average Bonchev–Trinajstić information content (AvgIpc) is 3.11. The fourth-order valence-corrected chi connectivity index (χ4v) is 4.33. The third-order valence-electron chi connectivity index (χ3n) is 5.89. The number of carbonyl (C=O) groups excluding carboxylic acids is 1. The van der Waals surface area contributed by atoms with Gasteiger partial charge < -0.3 is 14.8 Å². The van der Waals surface area contributed by atoms with E-state index in [-0.39, 0.29) is 24.2 Å². The standard InChI is InChI=1S/C23H26F3N5O/c1-16-29-19-9-2-3-10-20(19)31(16)14-6-12-28-22(32)17-7-5-13-30(15-17)21-18(23(24,25)26)8-4-11-27-21/h2-4,8-11,17H,5-7,12-15H2,1H3,(H,28,32). The highest BCUT2D eigenvalue weighted by atomic mass is 19.4. The van der Waals surface area contributed by atoms with Crippen LogP contribution in [0.25, 0.3) is 11.0 Å². The number of rotatable bonds is 6. The molecule has 0 saturated carbocycles. The van der Waals surface area contributed by atoms with Crippen molar-refractivity contribution >= 4 is 22.8 Å². The number of fused-ring (bicyclic) bond motifs is 1. The number of amides is 1. The molecule has 1 unspecified atom stereocenters. The number of benzene rings is 1. The van der Waals surface area contributed by atoms with Crippen molar-refractivity contribution in [1.82, 2.24) is 19.9 Å². The molecule has 1 atom stereocenters. The van der Waals surface area contributed by atoms with Gasteiger partial charge in [-0.2, -0.15) is 13.2 Å². The second kappa shape index (κ2) is 9.18. The van der Waals surface area contributed by atoms with Gasteiger partial charge >= 0.3 is 6.18 Å². The number of hydrogen-bond donors (Lipinski definition) is 1. The molecule has 6 nitrogen and oxygen atoms in total. The highest BCUT2D eigenvalue weighted by molar-refractivity contribution is 5.79. The number of imidazole rings is 1. The Morgan fingerprint density at radius 2 is 2.03 bits per heavy atom. The molecule has 0 bridgehead atoms. The van der Waals surface area contributed by atoms with Crippen molar-refractivity contribution in [3.05, 3.63) is 54.0 Å². The highest BCUT2D eigenvalue weighted by Crippen LogP contribution is 2.36. The van der Waals surface area contributed by atoms with Crippen molar-refractivity contribution in [2.45, 2.75) is 38.9 Å². The number of nitrogens with zero attached hydrogens (tertiary/aromatic N) is 4. The average molecular weight is 445 g/mol. The van der Waals surface area contributed by atoms with Crippen molar-refractivity contribution in [2.24, 2.45) is 5.92 Å². The minimum absolute atomic E-state index is 0.0973. The Morgan fingerprint density at radius 3 is 2.84 bits per heavy atom. The van der Waals surface area contributed by atoms with Crippen molar-refractivity contribution < 1.29 is 18.0 Å². The van der Waals surface area contributed by atoms with Crippen LogP contribution >= 0.6 is 0 Å². The molecular weight excluding hydrogens is 419 g/mol. The third-order valence-corrected chi connectivity index (χ3v) is 5.89. The monoisotopic (exact) mass is 445 g/mol. The van der Waals surface area contributed by atoms with Gasteiger partial charge in [0.1, 0.15) is 11.6 Å². The van der Waals surface area contributed by atoms with Crippen molar-refractivity contribution in [1.29, 1.82) is 0 Å². The Bertz CT molecular complexity index is 1090. The zero-order valence-electron chi connectivity index (χ0n) is 17.9. The van der Waals surface area contributed by atoms with Crippen LogP contribution in [-0.2, 0) is 17.5 Å². The van der Waals surface area contributed by atoms with Crippen LogP contribution < -0.4 is 10.2 Å². The van der Waals surface area contributed by atoms with Crippen LogP contribution in [0.15, 0.2) is 42.6 Å². The van der Waals surface area contributed by atoms with Gasteiger partial charge in [0.15, 0.2) is 0 Å². The van der Waals surface area contributed by atoms with Crippen molar-refractivity contribution in [2.75, 3.05) is 24.5 Å². The van der Waals surface area contributed by atoms with Crippen LogP contribution in [0.1, 0.15) is 30.7 Å². The van der Waals surface area contributed by atoms with Crippen LogP contribution in [0.5, 0.6) is 0 Å². The number of halogens is 3. The lowest BCUT2D eigenvalue weighted by Gasteiger charge is -2.34. The van der Waals surface area contributed by atoms with E-state index in [2.05, 4.69) is 19.9 Å². The van der Waals surface area contributed by atoms with Gasteiger partial charge in [0.05, 0.1) is 22.5 Å². The first-order valence-electron chi connectivity index (χ1n) is 10.8. The maximum absolute atomic E-state index is 13.4. The van der Waals surface area contributed by atoms with Crippen LogP contribution in [-0.4, -0.2) is 40.1 Å². The summed E-state index contributed by atoms with van der Waals surface area (Å²) in [5.41, 5.74) is 1.25. The van der Waals surface area contributed by atoms with E-state index in [4.69, 9.17) is 0 Å². The normalized spacial score (nSPS) is 17.0. The molecule has 4 rings (SSSR count). The zero-order chi connectivity index (χ0) is 22.7. The van der Waals surface area contributed by atoms with E-state index < -0.39 is 11.7 Å². The van der Waals surface area contributed by atoms with Crippen LogP contribution in [0.3, 0.4) is 0 Å². The third kappa shape index (κ3) is 4.71. The van der Waals surface area contributed by atoms with Gasteiger partial charge in [0.2, 0.25) is 5.91 Å². The molecule has 0 aliphatic carbocycles. The van der Waals surface area contributed by atoms with Crippen molar-refractivity contribution in [3.8, 4) is 0 Å². The lowest BCUT2D eigenvalue weighted by Crippen LogP contribution is -2.44. The van der Waals surface area contributed by atoms with Gasteiger partial charge in [-0.25, -0.2) is 9.97 Å². The number of para-hydroxylation sites is 2. The predicted octanol–water partition coefficient (Wildman–Crippen LogP) is 4.18. The highest BCUT2D eigenvalue weighted by Gasteiger charge is 2.37. The number of anilines is 1. The minimum Gasteiger partial charge on any atom is -0.356 e. The second-order valence-corrected chi connectivity index (χ2v) is 8.10. The molecular formula is C23H26F3N5O. The first-order valence-corrected chi connectivity index (χ1v) is 10.8. The first kappa shape index (κ1) is 22.1. The fraction of sp³-hybridized carbons (Fsp3) is 0.435. The van der Waals surface area contributed by atoms with Gasteiger partial charge in [0.25, 0.3) is 0 Å². The Kier molecular flexibility index (Phi) is 6.34. The molecule has 3 aromatic rings. The number of aromatic nitrogens is 3. The summed E-state index contributed by atoms with van der Waals surface area (Å²) in [6, 6.07) is 10.2. The first-order chi connectivity index (χ1) is 15.3. The summed E-state index contributed by atoms with van der Waals surface area (Å²) in [5, 5.41) is 2.96. The van der Waals surface area contributed by atoms with Gasteiger partial charge in [-0.15, -0.1) is 0 Å². The second-order valence-electron chi connectivity index (χ2n) is 8.10. The van der Waals surface area contributed by atoms with Crippen LogP contribution in [0, 0.1) is 12.8 Å². The number of hydrogen-bond acceptors (Lipinski definition) is 4. The summed E-state index contributed by atoms with van der Waals surface area (Å²) in [4.78, 5) is 22.8. The molecule has 170 valence electrons. The maximum Gasteiger partial charge on any atom is 0.419 e. The van der Waals surface area contributed by atoms with Gasteiger partial charge in [-0.05, 0) is 50.5 Å². The smallest absolute Gasteiger partial charge is 0.356 e.